The zero-order valence-corrected chi connectivity index (χ0v) is 14.7. The van der Waals surface area contributed by atoms with Crippen molar-refractivity contribution >= 4 is 5.97 Å². The van der Waals surface area contributed by atoms with Crippen molar-refractivity contribution in [1.82, 2.24) is 0 Å². The lowest BCUT2D eigenvalue weighted by Gasteiger charge is -2.40. The third kappa shape index (κ3) is 2.62. The van der Waals surface area contributed by atoms with E-state index in [1.54, 1.807) is 0 Å². The molecule has 1 N–H and O–H groups in total. The van der Waals surface area contributed by atoms with Crippen LogP contribution in [0.4, 0.5) is 0 Å². The number of carbonyl (C=O) groups is 1. The van der Waals surface area contributed by atoms with Crippen molar-refractivity contribution in [3.8, 4) is 0 Å². The summed E-state index contributed by atoms with van der Waals surface area (Å²) in [6.07, 6.45) is 29.9. The number of aliphatic carboxylic acids is 1. The molecule has 0 bridgehead atoms. The Morgan fingerprint density at radius 3 is 1.58 bits per heavy atom. The van der Waals surface area contributed by atoms with Crippen molar-refractivity contribution in [1.29, 1.82) is 0 Å². The van der Waals surface area contributed by atoms with E-state index >= 15 is 0 Å². The molecule has 130 valence electrons. The minimum atomic E-state index is -0.841. The van der Waals surface area contributed by atoms with Crippen LogP contribution in [-0.4, -0.2) is 11.1 Å². The highest BCUT2D eigenvalue weighted by Gasteiger charge is 2.47. The number of rotatable bonds is 6. The first-order valence-corrected chi connectivity index (χ1v) is 9.12. The molecule has 0 radical (unpaired) electrons. The van der Waals surface area contributed by atoms with Gasteiger partial charge in [0, 0.05) is 0 Å². The molecule has 0 amide bonds. The number of hydrogen-bond donors (Lipinski definition) is 1. The molecular formula is C24H22O2. The molecule has 0 unspecified atom stereocenters. The van der Waals surface area contributed by atoms with E-state index in [-0.39, 0.29) is 0 Å². The molecule has 0 heterocycles. The van der Waals surface area contributed by atoms with Gasteiger partial charge in [0.1, 0.15) is 0 Å². The van der Waals surface area contributed by atoms with Gasteiger partial charge in [0.2, 0.25) is 0 Å². The Balaban J connectivity index is 1.95. The number of carboxylic acid groups (broad SMARTS) is 1. The Hall–Kier alpha value is -2.87. The number of carboxylic acids is 1. The second-order valence-electron chi connectivity index (χ2n) is 6.96. The minimum Gasteiger partial charge on any atom is -0.478 e. The van der Waals surface area contributed by atoms with Crippen LogP contribution in [-0.2, 0) is 4.79 Å². The van der Waals surface area contributed by atoms with Crippen LogP contribution < -0.4 is 0 Å². The van der Waals surface area contributed by atoms with Gasteiger partial charge in [-0.2, -0.15) is 0 Å². The third-order valence-electron chi connectivity index (χ3n) is 5.52. The molecule has 2 nitrogen and oxygen atoms in total. The van der Waals surface area contributed by atoms with Crippen molar-refractivity contribution < 1.29 is 9.90 Å². The summed E-state index contributed by atoms with van der Waals surface area (Å²) in [6, 6.07) is 0. The molecular weight excluding hydrogens is 320 g/mol. The molecule has 4 aliphatic carbocycles. The molecule has 0 saturated heterocycles. The van der Waals surface area contributed by atoms with Crippen molar-refractivity contribution in [2.75, 3.05) is 0 Å². The van der Waals surface area contributed by atoms with Gasteiger partial charge in [0.15, 0.2) is 0 Å². The van der Waals surface area contributed by atoms with Crippen molar-refractivity contribution in [2.45, 2.75) is 25.7 Å². The number of hydrogen-bond acceptors (Lipinski definition) is 1. The third-order valence-corrected chi connectivity index (χ3v) is 5.52. The SMILES string of the molecule is O=C(O)C(=CC1=CC=CC1)C(C1=CC=CC1)(C1=CC=CC1)C1=CC=CC1. The van der Waals surface area contributed by atoms with E-state index in [0.717, 1.165) is 48.0 Å². The normalized spacial score (nSPS) is 21.3. The Morgan fingerprint density at radius 1 is 0.769 bits per heavy atom. The van der Waals surface area contributed by atoms with E-state index in [4.69, 9.17) is 0 Å². The molecule has 0 aromatic heterocycles. The van der Waals surface area contributed by atoms with Gasteiger partial charge < -0.3 is 5.11 Å². The Labute approximate surface area is 154 Å². The lowest BCUT2D eigenvalue weighted by atomic mass is 9.61. The fourth-order valence-corrected chi connectivity index (χ4v) is 4.40. The largest absolute Gasteiger partial charge is 0.478 e. The fourth-order valence-electron chi connectivity index (χ4n) is 4.40. The second kappa shape index (κ2) is 6.80. The average Bonchev–Trinajstić information content (AvgIpc) is 3.43. The van der Waals surface area contributed by atoms with E-state index < -0.39 is 11.4 Å². The summed E-state index contributed by atoms with van der Waals surface area (Å²) in [6.45, 7) is 0. The maximum absolute atomic E-state index is 12.5. The second-order valence-corrected chi connectivity index (χ2v) is 6.96. The highest BCUT2D eigenvalue weighted by atomic mass is 16.4. The summed E-state index contributed by atoms with van der Waals surface area (Å²) in [7, 11) is 0. The topological polar surface area (TPSA) is 37.3 Å². The maximum atomic E-state index is 12.5. The van der Waals surface area contributed by atoms with Gasteiger partial charge in [-0.25, -0.2) is 4.79 Å². The Kier molecular flexibility index (Phi) is 4.34. The molecule has 0 aromatic carbocycles. The van der Waals surface area contributed by atoms with Crippen LogP contribution in [0.2, 0.25) is 0 Å². The van der Waals surface area contributed by atoms with Gasteiger partial charge in [-0.1, -0.05) is 72.9 Å². The molecule has 0 fully saturated rings. The summed E-state index contributed by atoms with van der Waals surface area (Å²) in [4.78, 5) is 12.5. The van der Waals surface area contributed by atoms with E-state index in [0.29, 0.717) is 5.57 Å². The van der Waals surface area contributed by atoms with Gasteiger partial charge >= 0.3 is 5.97 Å². The zero-order valence-electron chi connectivity index (χ0n) is 14.7. The summed E-state index contributed by atoms with van der Waals surface area (Å²) < 4.78 is 0. The smallest absolute Gasteiger partial charge is 0.333 e. The van der Waals surface area contributed by atoms with Gasteiger partial charge in [-0.3, -0.25) is 0 Å². The Morgan fingerprint density at radius 2 is 1.23 bits per heavy atom. The molecule has 4 rings (SSSR count). The van der Waals surface area contributed by atoms with Crippen molar-refractivity contribution in [2.24, 2.45) is 5.41 Å². The van der Waals surface area contributed by atoms with Crippen molar-refractivity contribution in [3.63, 3.8) is 0 Å². The lowest BCUT2D eigenvalue weighted by molar-refractivity contribution is -0.133. The molecule has 4 aliphatic rings. The Bertz CT molecular complexity index is 834. The predicted octanol–water partition coefficient (Wildman–Crippen LogP) is 5.53. The summed E-state index contributed by atoms with van der Waals surface area (Å²) >= 11 is 0. The molecule has 0 saturated carbocycles. The first-order chi connectivity index (χ1) is 12.7. The van der Waals surface area contributed by atoms with Crippen LogP contribution in [0, 0.1) is 5.41 Å². The van der Waals surface area contributed by atoms with E-state index in [1.165, 1.54) is 0 Å². The van der Waals surface area contributed by atoms with Crippen LogP contribution in [0.25, 0.3) is 0 Å². The minimum absolute atomic E-state index is 0.465. The van der Waals surface area contributed by atoms with Gasteiger partial charge in [0.25, 0.3) is 0 Å². The highest BCUT2D eigenvalue weighted by molar-refractivity contribution is 5.93. The van der Waals surface area contributed by atoms with Crippen LogP contribution in [0.5, 0.6) is 0 Å². The summed E-state index contributed by atoms with van der Waals surface area (Å²) in [5, 5.41) is 10.3. The van der Waals surface area contributed by atoms with E-state index in [2.05, 4.69) is 42.5 Å². The lowest BCUT2D eigenvalue weighted by Crippen LogP contribution is -2.34. The monoisotopic (exact) mass is 342 g/mol. The molecule has 26 heavy (non-hydrogen) atoms. The van der Waals surface area contributed by atoms with E-state index in [1.807, 2.05) is 36.5 Å². The standard InChI is InChI=1S/C24H22O2/c25-23(26)22(17-18-9-1-2-10-18)24(19-11-3-4-12-19,20-13-5-6-14-20)21-15-7-8-16-21/h1-9,11,13,15,17H,10,12,14,16H2,(H,25,26). The first-order valence-electron chi connectivity index (χ1n) is 9.12. The molecule has 2 heteroatoms. The van der Waals surface area contributed by atoms with Crippen LogP contribution in [0.15, 0.2) is 107 Å². The predicted molar refractivity (Wildman–Crippen MR) is 106 cm³/mol. The summed E-state index contributed by atoms with van der Waals surface area (Å²) in [5.41, 5.74) is 4.31. The summed E-state index contributed by atoms with van der Waals surface area (Å²) in [5.74, 6) is -0.841. The van der Waals surface area contributed by atoms with E-state index in [9.17, 15) is 9.90 Å². The van der Waals surface area contributed by atoms with Gasteiger partial charge in [0.05, 0.1) is 11.0 Å². The molecule has 0 aromatic rings. The maximum Gasteiger partial charge on any atom is 0.333 e. The van der Waals surface area contributed by atoms with Crippen LogP contribution in [0.3, 0.4) is 0 Å². The fraction of sp³-hybridized carbons (Fsp3) is 0.208. The zero-order chi connectivity index (χ0) is 18.0. The average molecular weight is 342 g/mol. The van der Waals surface area contributed by atoms with Gasteiger partial charge in [-0.15, -0.1) is 0 Å². The van der Waals surface area contributed by atoms with Crippen LogP contribution in [0.1, 0.15) is 25.7 Å². The van der Waals surface area contributed by atoms with Crippen LogP contribution >= 0.6 is 0 Å². The molecule has 0 spiro atoms. The number of allylic oxidation sites excluding steroid dienone is 17. The quantitative estimate of drug-likeness (QED) is 0.645. The highest BCUT2D eigenvalue weighted by Crippen LogP contribution is 2.55. The molecule has 0 aliphatic heterocycles. The molecule has 0 atom stereocenters. The first kappa shape index (κ1) is 16.6. The van der Waals surface area contributed by atoms with Gasteiger partial charge in [-0.05, 0) is 54.1 Å². The van der Waals surface area contributed by atoms with Crippen molar-refractivity contribution in [3.05, 3.63) is 107 Å².